The Morgan fingerprint density at radius 2 is 2.20 bits per heavy atom. The molecule has 1 fully saturated rings. The number of aliphatic hydroxyl groups is 1. The molecule has 5 nitrogen and oxygen atoms in total. The molecule has 0 saturated heterocycles. The molecule has 1 aromatic heterocycles. The molecule has 1 aliphatic rings. The fraction of sp³-hybridized carbons (Fsp3) is 0.571. The van der Waals surface area contributed by atoms with Crippen LogP contribution in [0.1, 0.15) is 36.0 Å². The fourth-order valence-corrected chi connectivity index (χ4v) is 3.02. The Hall–Kier alpha value is -1.14. The van der Waals surface area contributed by atoms with Crippen LogP contribution in [0.2, 0.25) is 0 Å². The monoisotopic (exact) mass is 341 g/mol. The van der Waals surface area contributed by atoms with Crippen molar-refractivity contribution >= 4 is 27.7 Å². The summed E-state index contributed by atoms with van der Waals surface area (Å²) in [5, 5.41) is 13.0. The maximum Gasteiger partial charge on any atom is 0.257 e. The molecule has 1 heterocycles. The Labute approximate surface area is 127 Å². The van der Waals surface area contributed by atoms with Crippen LogP contribution in [-0.2, 0) is 0 Å². The van der Waals surface area contributed by atoms with Crippen LogP contribution in [-0.4, -0.2) is 47.1 Å². The summed E-state index contributed by atoms with van der Waals surface area (Å²) < 4.78 is 0.762. The van der Waals surface area contributed by atoms with Crippen LogP contribution in [0.15, 0.2) is 16.7 Å². The van der Waals surface area contributed by atoms with Crippen LogP contribution in [0.3, 0.4) is 0 Å². The van der Waals surface area contributed by atoms with E-state index in [0.717, 1.165) is 30.2 Å². The number of likely N-dealkylation sites (N-methyl/N-ethyl adjacent to an activating group) is 1. The lowest BCUT2D eigenvalue weighted by atomic mass is 9.91. The van der Waals surface area contributed by atoms with E-state index in [9.17, 15) is 9.90 Å². The molecule has 0 spiro atoms. The molecule has 1 aliphatic carbocycles. The third-order valence-electron chi connectivity index (χ3n) is 3.83. The van der Waals surface area contributed by atoms with Crippen molar-refractivity contribution in [2.75, 3.05) is 19.4 Å². The summed E-state index contributed by atoms with van der Waals surface area (Å²) in [7, 11) is 3.49. The predicted octanol–water partition coefficient (Wildman–Crippen LogP) is 2.26. The number of amides is 1. The van der Waals surface area contributed by atoms with Crippen LogP contribution in [0.5, 0.6) is 0 Å². The quantitative estimate of drug-likeness (QED) is 0.884. The summed E-state index contributed by atoms with van der Waals surface area (Å²) in [5.41, 5.74) is 0.516. The number of carbonyl (C=O) groups excluding carboxylic acids is 1. The maximum atomic E-state index is 12.6. The third-order valence-corrected chi connectivity index (χ3v) is 4.27. The van der Waals surface area contributed by atoms with Gasteiger partial charge in [0.15, 0.2) is 0 Å². The Morgan fingerprint density at radius 3 is 2.85 bits per heavy atom. The number of hydrogen-bond donors (Lipinski definition) is 2. The largest absolute Gasteiger partial charge is 0.391 e. The molecule has 1 amide bonds. The van der Waals surface area contributed by atoms with Crippen molar-refractivity contribution in [1.29, 1.82) is 0 Å². The summed E-state index contributed by atoms with van der Waals surface area (Å²) in [5.74, 6) is 0.435. The zero-order valence-electron chi connectivity index (χ0n) is 11.8. The van der Waals surface area contributed by atoms with Gasteiger partial charge < -0.3 is 15.3 Å². The molecule has 0 aliphatic heterocycles. The van der Waals surface area contributed by atoms with Gasteiger partial charge in [0.05, 0.1) is 17.7 Å². The van der Waals surface area contributed by atoms with E-state index < -0.39 is 6.10 Å². The number of nitrogens with zero attached hydrogens (tertiary/aromatic N) is 2. The Kier molecular flexibility index (Phi) is 4.99. The number of aliphatic hydroxyl groups excluding tert-OH is 1. The first-order chi connectivity index (χ1) is 9.54. The highest BCUT2D eigenvalue weighted by Gasteiger charge is 2.30. The second-order valence-corrected chi connectivity index (χ2v) is 6.05. The first kappa shape index (κ1) is 15.3. The minimum absolute atomic E-state index is 0.111. The number of halogens is 1. The van der Waals surface area contributed by atoms with Gasteiger partial charge in [0.2, 0.25) is 0 Å². The van der Waals surface area contributed by atoms with E-state index in [1.54, 1.807) is 31.3 Å². The van der Waals surface area contributed by atoms with Gasteiger partial charge in [-0.3, -0.25) is 4.79 Å². The van der Waals surface area contributed by atoms with E-state index in [1.807, 2.05) is 0 Å². The molecular weight excluding hydrogens is 322 g/mol. The number of pyridine rings is 1. The molecule has 0 radical (unpaired) electrons. The standard InChI is InChI=1S/C14H20BrN3O2/c1-16-13-10(7-9(15)8-17-13)14(20)18(2)11-5-3-4-6-12(11)19/h7-8,11-12,19H,3-6H2,1-2H3,(H,16,17). The minimum atomic E-state index is -0.434. The molecule has 1 aromatic rings. The number of anilines is 1. The molecule has 110 valence electrons. The summed E-state index contributed by atoms with van der Waals surface area (Å²) in [4.78, 5) is 18.5. The number of rotatable bonds is 3. The summed E-state index contributed by atoms with van der Waals surface area (Å²) in [6.07, 6.45) is 4.90. The highest BCUT2D eigenvalue weighted by molar-refractivity contribution is 9.10. The Morgan fingerprint density at radius 1 is 1.50 bits per heavy atom. The summed E-state index contributed by atoms with van der Waals surface area (Å²) in [6.45, 7) is 0. The van der Waals surface area contributed by atoms with Crippen molar-refractivity contribution < 1.29 is 9.90 Å². The fourth-order valence-electron chi connectivity index (χ4n) is 2.69. The second kappa shape index (κ2) is 6.54. The van der Waals surface area contributed by atoms with Gasteiger partial charge in [0.25, 0.3) is 5.91 Å². The molecule has 2 atom stereocenters. The van der Waals surface area contributed by atoms with Gasteiger partial charge >= 0.3 is 0 Å². The lowest BCUT2D eigenvalue weighted by Crippen LogP contribution is -2.46. The van der Waals surface area contributed by atoms with Crippen LogP contribution in [0, 0.1) is 0 Å². The van der Waals surface area contributed by atoms with Gasteiger partial charge in [0.1, 0.15) is 5.82 Å². The van der Waals surface area contributed by atoms with Crippen molar-refractivity contribution in [3.8, 4) is 0 Å². The van der Waals surface area contributed by atoms with E-state index in [1.165, 1.54) is 0 Å². The zero-order chi connectivity index (χ0) is 14.7. The molecule has 2 N–H and O–H groups in total. The third kappa shape index (κ3) is 3.12. The van der Waals surface area contributed by atoms with Crippen LogP contribution >= 0.6 is 15.9 Å². The maximum absolute atomic E-state index is 12.6. The van der Waals surface area contributed by atoms with Crippen molar-refractivity contribution in [3.05, 3.63) is 22.3 Å². The van der Waals surface area contributed by atoms with Crippen LogP contribution in [0.4, 0.5) is 5.82 Å². The smallest absolute Gasteiger partial charge is 0.257 e. The van der Waals surface area contributed by atoms with E-state index in [-0.39, 0.29) is 11.9 Å². The molecule has 2 rings (SSSR count). The van der Waals surface area contributed by atoms with Gasteiger partial charge in [-0.15, -0.1) is 0 Å². The number of carbonyl (C=O) groups is 1. The van der Waals surface area contributed by atoms with Gasteiger partial charge in [-0.05, 0) is 34.8 Å². The summed E-state index contributed by atoms with van der Waals surface area (Å²) >= 11 is 3.34. The van der Waals surface area contributed by atoms with Crippen LogP contribution < -0.4 is 5.32 Å². The molecule has 6 heteroatoms. The number of nitrogens with one attached hydrogen (secondary N) is 1. The van der Waals surface area contributed by atoms with Crippen molar-refractivity contribution in [3.63, 3.8) is 0 Å². The first-order valence-corrected chi connectivity index (χ1v) is 7.62. The average molecular weight is 342 g/mol. The normalized spacial score (nSPS) is 22.4. The van der Waals surface area contributed by atoms with Gasteiger partial charge in [0, 0.05) is 24.8 Å². The first-order valence-electron chi connectivity index (χ1n) is 6.83. The predicted molar refractivity (Wildman–Crippen MR) is 81.8 cm³/mol. The average Bonchev–Trinajstić information content (AvgIpc) is 2.46. The van der Waals surface area contributed by atoms with Crippen molar-refractivity contribution in [2.45, 2.75) is 37.8 Å². The van der Waals surface area contributed by atoms with E-state index in [4.69, 9.17) is 0 Å². The van der Waals surface area contributed by atoms with E-state index in [0.29, 0.717) is 11.4 Å². The van der Waals surface area contributed by atoms with Crippen LogP contribution in [0.25, 0.3) is 0 Å². The second-order valence-electron chi connectivity index (χ2n) is 5.13. The van der Waals surface area contributed by atoms with Crippen molar-refractivity contribution in [1.82, 2.24) is 9.88 Å². The topological polar surface area (TPSA) is 65.5 Å². The molecule has 1 saturated carbocycles. The highest BCUT2D eigenvalue weighted by atomic mass is 79.9. The zero-order valence-corrected chi connectivity index (χ0v) is 13.4. The van der Waals surface area contributed by atoms with E-state index in [2.05, 4.69) is 26.2 Å². The van der Waals surface area contributed by atoms with Crippen molar-refractivity contribution in [2.24, 2.45) is 0 Å². The lowest BCUT2D eigenvalue weighted by Gasteiger charge is -2.35. The minimum Gasteiger partial charge on any atom is -0.391 e. The SMILES string of the molecule is CNc1ncc(Br)cc1C(=O)N(C)C1CCCCC1O. The molecule has 0 aromatic carbocycles. The van der Waals surface area contributed by atoms with E-state index >= 15 is 0 Å². The number of aromatic nitrogens is 1. The van der Waals surface area contributed by atoms with Gasteiger partial charge in [-0.1, -0.05) is 12.8 Å². The van der Waals surface area contributed by atoms with Gasteiger partial charge in [-0.25, -0.2) is 4.98 Å². The molecule has 0 bridgehead atoms. The lowest BCUT2D eigenvalue weighted by molar-refractivity contribution is 0.0268. The Bertz CT molecular complexity index is 495. The molecule has 2 unspecified atom stereocenters. The highest BCUT2D eigenvalue weighted by Crippen LogP contribution is 2.25. The molecular formula is C14H20BrN3O2. The molecule has 20 heavy (non-hydrogen) atoms. The summed E-state index contributed by atoms with van der Waals surface area (Å²) in [6, 6.07) is 1.65. The van der Waals surface area contributed by atoms with Gasteiger partial charge in [-0.2, -0.15) is 0 Å². The Balaban J connectivity index is 2.23. The number of hydrogen-bond acceptors (Lipinski definition) is 4.